The first kappa shape index (κ1) is 14.8. The minimum Gasteiger partial charge on any atom is -0.345 e. The number of nitrogens with zero attached hydrogens (tertiary/aromatic N) is 1. The predicted octanol–water partition coefficient (Wildman–Crippen LogP) is 2.17. The highest BCUT2D eigenvalue weighted by Gasteiger charge is 2.62. The topological polar surface area (TPSA) is 49.4 Å². The van der Waals surface area contributed by atoms with E-state index in [1.165, 1.54) is 16.5 Å². The third-order valence-corrected chi connectivity index (χ3v) is 6.39. The summed E-state index contributed by atoms with van der Waals surface area (Å²) >= 11 is 1.83. The van der Waals surface area contributed by atoms with E-state index in [0.717, 1.165) is 25.1 Å². The third-order valence-electron chi connectivity index (χ3n) is 5.27. The Morgan fingerprint density at radius 2 is 2.22 bits per heavy atom. The average molecular weight is 328 g/mol. The molecule has 0 bridgehead atoms. The van der Waals surface area contributed by atoms with Crippen LogP contribution >= 0.6 is 11.8 Å². The molecule has 1 aromatic carbocycles. The Hall–Kier alpha value is -1.75. The quantitative estimate of drug-likeness (QED) is 0.865. The van der Waals surface area contributed by atoms with E-state index >= 15 is 0 Å². The molecule has 0 radical (unpaired) electrons. The second kappa shape index (κ2) is 5.41. The lowest BCUT2D eigenvalue weighted by atomic mass is 9.94. The Labute approximate surface area is 140 Å². The Kier molecular flexibility index (Phi) is 3.48. The van der Waals surface area contributed by atoms with Crippen molar-refractivity contribution in [3.8, 4) is 0 Å². The van der Waals surface area contributed by atoms with Gasteiger partial charge >= 0.3 is 0 Å². The molecule has 0 spiro atoms. The van der Waals surface area contributed by atoms with Gasteiger partial charge in [-0.05, 0) is 36.3 Å². The van der Waals surface area contributed by atoms with E-state index in [1.54, 1.807) is 0 Å². The fourth-order valence-corrected chi connectivity index (χ4v) is 5.09. The molecule has 4 rings (SSSR count). The van der Waals surface area contributed by atoms with Crippen LogP contribution in [0.25, 0.3) is 0 Å². The summed E-state index contributed by atoms with van der Waals surface area (Å²) in [5, 5.41) is 3.03. The van der Waals surface area contributed by atoms with Gasteiger partial charge in [0.05, 0.1) is 11.5 Å². The van der Waals surface area contributed by atoms with Crippen molar-refractivity contribution in [2.24, 2.45) is 5.92 Å². The molecule has 23 heavy (non-hydrogen) atoms. The number of hydrogen-bond donors (Lipinski definition) is 1. The van der Waals surface area contributed by atoms with Gasteiger partial charge < -0.3 is 10.2 Å². The molecule has 0 aromatic heterocycles. The van der Waals surface area contributed by atoms with E-state index in [1.807, 2.05) is 28.8 Å². The molecule has 3 atom stereocenters. The number of nitrogens with one attached hydrogen (secondary N) is 1. The Balaban J connectivity index is 1.50. The summed E-state index contributed by atoms with van der Waals surface area (Å²) in [7, 11) is 0. The minimum atomic E-state index is -0.191. The first-order valence-corrected chi connectivity index (χ1v) is 9.06. The number of benzene rings is 1. The number of likely N-dealkylation sites (tertiary alicyclic amines) is 1. The number of piperidine rings is 1. The van der Waals surface area contributed by atoms with Crippen LogP contribution in [0.3, 0.4) is 0 Å². The molecule has 5 heteroatoms. The zero-order valence-corrected chi connectivity index (χ0v) is 13.8. The van der Waals surface area contributed by atoms with Crippen molar-refractivity contribution in [2.75, 3.05) is 18.8 Å². The number of rotatable bonds is 3. The normalized spacial score (nSPS) is 31.0. The van der Waals surface area contributed by atoms with Gasteiger partial charge in [0.15, 0.2) is 0 Å². The summed E-state index contributed by atoms with van der Waals surface area (Å²) in [6.07, 6.45) is 3.18. The van der Waals surface area contributed by atoms with E-state index in [9.17, 15) is 9.59 Å². The van der Waals surface area contributed by atoms with Gasteiger partial charge in [-0.15, -0.1) is 11.8 Å². The van der Waals surface area contributed by atoms with Crippen LogP contribution in [0, 0.1) is 5.92 Å². The molecule has 1 unspecified atom stereocenters. The maximum atomic E-state index is 13.0. The van der Waals surface area contributed by atoms with Gasteiger partial charge in [0.1, 0.15) is 0 Å². The summed E-state index contributed by atoms with van der Waals surface area (Å²) in [5.74, 6) is 1.45. The molecule has 1 N–H and O–H groups in total. The van der Waals surface area contributed by atoms with Crippen LogP contribution in [0.2, 0.25) is 0 Å². The zero-order chi connectivity index (χ0) is 16.0. The van der Waals surface area contributed by atoms with Gasteiger partial charge in [0.2, 0.25) is 11.8 Å². The molecule has 2 amide bonds. The molecule has 3 aliphatic rings. The molecular weight excluding hydrogens is 308 g/mol. The van der Waals surface area contributed by atoms with Crippen molar-refractivity contribution >= 4 is 23.6 Å². The number of thioether (sulfide) groups is 1. The number of amides is 2. The lowest BCUT2D eigenvalue weighted by molar-refractivity contribution is -0.132. The summed E-state index contributed by atoms with van der Waals surface area (Å²) in [5.41, 5.74) is 0.975. The molecule has 1 saturated heterocycles. The van der Waals surface area contributed by atoms with E-state index in [2.05, 4.69) is 24.0 Å². The van der Waals surface area contributed by atoms with Crippen molar-refractivity contribution in [1.82, 2.24) is 10.2 Å². The van der Waals surface area contributed by atoms with Crippen molar-refractivity contribution in [2.45, 2.75) is 29.2 Å². The molecule has 1 aromatic rings. The summed E-state index contributed by atoms with van der Waals surface area (Å²) in [6, 6.07) is 8.23. The van der Waals surface area contributed by atoms with Crippen LogP contribution in [0.15, 0.2) is 41.8 Å². The molecule has 2 heterocycles. The number of fused-ring (bicyclic) bond motifs is 2. The van der Waals surface area contributed by atoms with Crippen molar-refractivity contribution < 1.29 is 9.59 Å². The van der Waals surface area contributed by atoms with E-state index in [0.29, 0.717) is 12.5 Å². The van der Waals surface area contributed by atoms with Crippen LogP contribution in [0.5, 0.6) is 0 Å². The molecule has 2 aliphatic heterocycles. The first-order valence-electron chi connectivity index (χ1n) is 8.08. The summed E-state index contributed by atoms with van der Waals surface area (Å²) in [6.45, 7) is 4.92. The average Bonchev–Trinajstić information content (AvgIpc) is 3.12. The highest BCUT2D eigenvalue weighted by atomic mass is 32.2. The molecule has 120 valence electrons. The second-order valence-corrected chi connectivity index (χ2v) is 7.83. The van der Waals surface area contributed by atoms with Gasteiger partial charge in [-0.2, -0.15) is 0 Å². The SMILES string of the molecule is C=CC(=O)N[C@]12C[C@H]1CN(C(=O)C1CCSc3ccccc31)C2. The highest BCUT2D eigenvalue weighted by Crippen LogP contribution is 2.50. The fourth-order valence-electron chi connectivity index (χ4n) is 3.96. The van der Waals surface area contributed by atoms with Crippen LogP contribution in [0.4, 0.5) is 0 Å². The summed E-state index contributed by atoms with van der Waals surface area (Å²) in [4.78, 5) is 27.8. The van der Waals surface area contributed by atoms with Crippen molar-refractivity contribution in [3.63, 3.8) is 0 Å². The Bertz CT molecular complexity index is 689. The number of carbonyl (C=O) groups excluding carboxylic acids is 2. The minimum absolute atomic E-state index is 0.0305. The second-order valence-electron chi connectivity index (χ2n) is 6.70. The van der Waals surface area contributed by atoms with Crippen LogP contribution in [-0.4, -0.2) is 41.1 Å². The van der Waals surface area contributed by atoms with Gasteiger partial charge in [0, 0.05) is 23.9 Å². The van der Waals surface area contributed by atoms with Gasteiger partial charge in [0.25, 0.3) is 0 Å². The lowest BCUT2D eigenvalue weighted by Gasteiger charge is -2.29. The highest BCUT2D eigenvalue weighted by molar-refractivity contribution is 7.99. The third kappa shape index (κ3) is 2.47. The van der Waals surface area contributed by atoms with Gasteiger partial charge in [-0.25, -0.2) is 0 Å². The zero-order valence-electron chi connectivity index (χ0n) is 13.0. The fraction of sp³-hybridized carbons (Fsp3) is 0.444. The monoisotopic (exact) mass is 328 g/mol. The molecule has 4 nitrogen and oxygen atoms in total. The first-order chi connectivity index (χ1) is 11.1. The van der Waals surface area contributed by atoms with E-state index < -0.39 is 0 Å². The van der Waals surface area contributed by atoms with E-state index in [4.69, 9.17) is 0 Å². The van der Waals surface area contributed by atoms with Crippen LogP contribution in [-0.2, 0) is 9.59 Å². The smallest absolute Gasteiger partial charge is 0.243 e. The van der Waals surface area contributed by atoms with Gasteiger partial charge in [-0.1, -0.05) is 24.8 Å². The largest absolute Gasteiger partial charge is 0.345 e. The number of hydrogen-bond acceptors (Lipinski definition) is 3. The Morgan fingerprint density at radius 1 is 1.39 bits per heavy atom. The number of carbonyl (C=O) groups is 2. The van der Waals surface area contributed by atoms with E-state index in [-0.39, 0.29) is 23.3 Å². The maximum Gasteiger partial charge on any atom is 0.243 e. The Morgan fingerprint density at radius 3 is 3.04 bits per heavy atom. The molecule has 1 aliphatic carbocycles. The standard InChI is InChI=1S/C18H20N2O2S/c1-2-16(21)19-18-9-12(18)10-20(11-18)17(22)14-7-8-23-15-6-4-3-5-13(14)15/h2-6,12,14H,1,7-11H2,(H,19,21)/t12-,14?,18-/m0/s1. The lowest BCUT2D eigenvalue weighted by Crippen LogP contribution is -2.44. The van der Waals surface area contributed by atoms with Crippen LogP contribution in [0.1, 0.15) is 24.3 Å². The van der Waals surface area contributed by atoms with Crippen molar-refractivity contribution in [3.05, 3.63) is 42.5 Å². The van der Waals surface area contributed by atoms with Crippen molar-refractivity contribution in [1.29, 1.82) is 0 Å². The molecule has 2 fully saturated rings. The maximum absolute atomic E-state index is 13.0. The van der Waals surface area contributed by atoms with Gasteiger partial charge in [-0.3, -0.25) is 9.59 Å². The predicted molar refractivity (Wildman–Crippen MR) is 90.3 cm³/mol. The van der Waals surface area contributed by atoms with Crippen LogP contribution < -0.4 is 5.32 Å². The summed E-state index contributed by atoms with van der Waals surface area (Å²) < 4.78 is 0. The molecular formula is C18H20N2O2S. The molecule has 1 saturated carbocycles.